The molecule has 0 saturated carbocycles. The number of alkyl halides is 1. The fraction of sp³-hybridized carbons (Fsp3) is 0.500. The Labute approximate surface area is 101 Å². The Bertz CT molecular complexity index is 320. The van der Waals surface area contributed by atoms with Gasteiger partial charge in [-0.25, -0.2) is 4.39 Å². The first-order valence-corrected chi connectivity index (χ1v) is 5.90. The molecule has 0 atom stereocenters. The smallest absolute Gasteiger partial charge is 0.123 e. The van der Waals surface area contributed by atoms with Crippen LogP contribution in [-0.4, -0.2) is 26.1 Å². The first-order chi connectivity index (χ1) is 7.77. The third kappa shape index (κ3) is 4.37. The zero-order chi connectivity index (χ0) is 11.8. The molecule has 0 spiro atoms. The van der Waals surface area contributed by atoms with Gasteiger partial charge in [0, 0.05) is 5.88 Å². The van der Waals surface area contributed by atoms with Crippen LogP contribution in [0.15, 0.2) is 18.2 Å². The number of nitrogens with one attached hydrogen (secondary N) is 1. The molecule has 0 bridgehead atoms. The lowest BCUT2D eigenvalue weighted by atomic mass is 10.1. The number of benzene rings is 1. The van der Waals surface area contributed by atoms with E-state index < -0.39 is 0 Å². The SMILES string of the molecule is COc1ccc(F)cc1CCNCCCCl. The number of ether oxygens (including phenoxy) is 1. The van der Waals surface area contributed by atoms with Crippen LogP contribution in [-0.2, 0) is 6.42 Å². The van der Waals surface area contributed by atoms with Crippen molar-refractivity contribution in [3.8, 4) is 5.75 Å². The molecule has 0 aliphatic rings. The Morgan fingerprint density at radius 1 is 1.38 bits per heavy atom. The third-order valence-electron chi connectivity index (χ3n) is 2.30. The molecule has 1 aromatic carbocycles. The number of hydrogen-bond donors (Lipinski definition) is 1. The molecular weight excluding hydrogens is 229 g/mol. The van der Waals surface area contributed by atoms with Gasteiger partial charge in [-0.3, -0.25) is 0 Å². The second-order valence-corrected chi connectivity index (χ2v) is 3.88. The summed E-state index contributed by atoms with van der Waals surface area (Å²) in [5, 5.41) is 3.24. The summed E-state index contributed by atoms with van der Waals surface area (Å²) in [6.07, 6.45) is 1.70. The quantitative estimate of drug-likeness (QED) is 0.589. The minimum Gasteiger partial charge on any atom is -0.496 e. The lowest BCUT2D eigenvalue weighted by molar-refractivity contribution is 0.407. The molecule has 0 aliphatic heterocycles. The van der Waals surface area contributed by atoms with Gasteiger partial charge in [-0.05, 0) is 49.7 Å². The summed E-state index contributed by atoms with van der Waals surface area (Å²) in [6, 6.07) is 4.58. The van der Waals surface area contributed by atoms with Gasteiger partial charge in [0.2, 0.25) is 0 Å². The zero-order valence-electron chi connectivity index (χ0n) is 9.43. The summed E-state index contributed by atoms with van der Waals surface area (Å²) in [7, 11) is 1.59. The molecule has 90 valence electrons. The van der Waals surface area contributed by atoms with Gasteiger partial charge in [-0.1, -0.05) is 0 Å². The molecule has 0 fully saturated rings. The van der Waals surface area contributed by atoms with E-state index in [2.05, 4.69) is 5.32 Å². The van der Waals surface area contributed by atoms with Crippen molar-refractivity contribution in [2.24, 2.45) is 0 Å². The van der Waals surface area contributed by atoms with Crippen LogP contribution in [0.25, 0.3) is 0 Å². The highest BCUT2D eigenvalue weighted by molar-refractivity contribution is 6.17. The van der Waals surface area contributed by atoms with Gasteiger partial charge in [0.05, 0.1) is 7.11 Å². The van der Waals surface area contributed by atoms with E-state index in [1.165, 1.54) is 12.1 Å². The van der Waals surface area contributed by atoms with Crippen LogP contribution in [0, 0.1) is 5.82 Å². The van der Waals surface area contributed by atoms with Crippen LogP contribution in [0.4, 0.5) is 4.39 Å². The van der Waals surface area contributed by atoms with Gasteiger partial charge in [-0.15, -0.1) is 11.6 Å². The van der Waals surface area contributed by atoms with Crippen molar-refractivity contribution in [3.63, 3.8) is 0 Å². The number of rotatable bonds is 7. The van der Waals surface area contributed by atoms with E-state index in [-0.39, 0.29) is 5.82 Å². The molecule has 1 rings (SSSR count). The highest BCUT2D eigenvalue weighted by Gasteiger charge is 2.03. The Hall–Kier alpha value is -0.800. The average Bonchev–Trinajstić information content (AvgIpc) is 2.29. The van der Waals surface area contributed by atoms with Crippen molar-refractivity contribution in [1.29, 1.82) is 0 Å². The minimum absolute atomic E-state index is 0.225. The Morgan fingerprint density at radius 2 is 2.19 bits per heavy atom. The Kier molecular flexibility index (Phi) is 6.19. The zero-order valence-corrected chi connectivity index (χ0v) is 10.2. The van der Waals surface area contributed by atoms with Crippen molar-refractivity contribution >= 4 is 11.6 Å². The fourth-order valence-corrected chi connectivity index (χ4v) is 1.62. The lowest BCUT2D eigenvalue weighted by Crippen LogP contribution is -2.19. The molecule has 0 saturated heterocycles. The van der Waals surface area contributed by atoms with Crippen LogP contribution < -0.4 is 10.1 Å². The maximum atomic E-state index is 13.0. The Morgan fingerprint density at radius 3 is 2.88 bits per heavy atom. The second kappa shape index (κ2) is 7.47. The highest BCUT2D eigenvalue weighted by Crippen LogP contribution is 2.19. The van der Waals surface area contributed by atoms with E-state index >= 15 is 0 Å². The van der Waals surface area contributed by atoms with Gasteiger partial charge in [0.1, 0.15) is 11.6 Å². The first kappa shape index (κ1) is 13.3. The molecule has 1 aromatic rings. The molecule has 4 heteroatoms. The van der Waals surface area contributed by atoms with Crippen molar-refractivity contribution in [1.82, 2.24) is 5.32 Å². The molecule has 1 N–H and O–H groups in total. The van der Waals surface area contributed by atoms with E-state index in [9.17, 15) is 4.39 Å². The van der Waals surface area contributed by atoms with Gasteiger partial charge < -0.3 is 10.1 Å². The van der Waals surface area contributed by atoms with Crippen molar-refractivity contribution in [3.05, 3.63) is 29.6 Å². The summed E-state index contributed by atoms with van der Waals surface area (Å²) in [4.78, 5) is 0. The van der Waals surface area contributed by atoms with E-state index in [1.807, 2.05) is 0 Å². The van der Waals surface area contributed by atoms with Gasteiger partial charge >= 0.3 is 0 Å². The van der Waals surface area contributed by atoms with Gasteiger partial charge in [0.15, 0.2) is 0 Å². The molecule has 0 heterocycles. The van der Waals surface area contributed by atoms with Crippen LogP contribution in [0.1, 0.15) is 12.0 Å². The Balaban J connectivity index is 2.42. The predicted octanol–water partition coefficient (Wildman–Crippen LogP) is 2.60. The molecule has 0 aromatic heterocycles. The topological polar surface area (TPSA) is 21.3 Å². The monoisotopic (exact) mass is 245 g/mol. The highest BCUT2D eigenvalue weighted by atomic mass is 35.5. The molecule has 16 heavy (non-hydrogen) atoms. The summed E-state index contributed by atoms with van der Waals surface area (Å²) < 4.78 is 18.2. The van der Waals surface area contributed by atoms with Crippen LogP contribution in [0.3, 0.4) is 0 Å². The standard InChI is InChI=1S/C12H17ClFNO/c1-16-12-4-3-11(14)9-10(12)5-8-15-7-2-6-13/h3-4,9,15H,2,5-8H2,1H3. The normalized spacial score (nSPS) is 10.4. The summed E-state index contributed by atoms with van der Waals surface area (Å²) in [5.41, 5.74) is 0.890. The second-order valence-electron chi connectivity index (χ2n) is 3.50. The number of halogens is 2. The minimum atomic E-state index is -0.225. The summed E-state index contributed by atoms with van der Waals surface area (Å²) in [6.45, 7) is 1.69. The molecule has 2 nitrogen and oxygen atoms in total. The van der Waals surface area contributed by atoms with Crippen molar-refractivity contribution in [2.75, 3.05) is 26.1 Å². The average molecular weight is 246 g/mol. The summed E-state index contributed by atoms with van der Waals surface area (Å²) >= 11 is 5.56. The molecule has 0 unspecified atom stereocenters. The van der Waals surface area contributed by atoms with Crippen LogP contribution in [0.5, 0.6) is 5.75 Å². The van der Waals surface area contributed by atoms with Crippen LogP contribution >= 0.6 is 11.6 Å². The van der Waals surface area contributed by atoms with Crippen molar-refractivity contribution in [2.45, 2.75) is 12.8 Å². The van der Waals surface area contributed by atoms with Gasteiger partial charge in [-0.2, -0.15) is 0 Å². The van der Waals surface area contributed by atoms with Crippen molar-refractivity contribution < 1.29 is 9.13 Å². The molecule has 0 radical (unpaired) electrons. The largest absolute Gasteiger partial charge is 0.496 e. The maximum absolute atomic E-state index is 13.0. The fourth-order valence-electron chi connectivity index (χ4n) is 1.48. The third-order valence-corrected chi connectivity index (χ3v) is 2.57. The number of hydrogen-bond acceptors (Lipinski definition) is 2. The first-order valence-electron chi connectivity index (χ1n) is 5.37. The number of methoxy groups -OCH3 is 1. The maximum Gasteiger partial charge on any atom is 0.123 e. The van der Waals surface area contributed by atoms with E-state index in [0.717, 1.165) is 37.2 Å². The van der Waals surface area contributed by atoms with E-state index in [1.54, 1.807) is 13.2 Å². The molecular formula is C12H17ClFNO. The van der Waals surface area contributed by atoms with Gasteiger partial charge in [0.25, 0.3) is 0 Å². The predicted molar refractivity (Wildman–Crippen MR) is 64.9 cm³/mol. The van der Waals surface area contributed by atoms with E-state index in [4.69, 9.17) is 16.3 Å². The molecule has 0 aliphatic carbocycles. The van der Waals surface area contributed by atoms with Crippen LogP contribution in [0.2, 0.25) is 0 Å². The molecule has 0 amide bonds. The van der Waals surface area contributed by atoms with E-state index in [0.29, 0.717) is 5.88 Å². The lowest BCUT2D eigenvalue weighted by Gasteiger charge is -2.09. The summed E-state index contributed by atoms with van der Waals surface area (Å²) in [5.74, 6) is 1.17.